The van der Waals surface area contributed by atoms with Crippen molar-refractivity contribution in [3.63, 3.8) is 0 Å². The van der Waals surface area contributed by atoms with Crippen LogP contribution in [0, 0.1) is 23.6 Å². The molecule has 2 aliphatic heterocycles. The number of amides is 3. The lowest BCUT2D eigenvalue weighted by atomic mass is 9.73. The first kappa shape index (κ1) is 20.5. The van der Waals surface area contributed by atoms with Crippen LogP contribution < -0.4 is 5.32 Å². The molecule has 3 aliphatic rings. The van der Waals surface area contributed by atoms with Crippen molar-refractivity contribution >= 4 is 17.6 Å². The Kier molecular flexibility index (Phi) is 5.32. The number of carbonyl (C=O) groups excluding carboxylic acids is 2. The van der Waals surface area contributed by atoms with Crippen molar-refractivity contribution in [2.75, 3.05) is 25.0 Å². The van der Waals surface area contributed by atoms with Gasteiger partial charge in [-0.05, 0) is 48.7 Å². The van der Waals surface area contributed by atoms with Gasteiger partial charge in [0, 0.05) is 29.6 Å². The molecule has 164 valence electrons. The minimum absolute atomic E-state index is 0.0702. The highest BCUT2D eigenvalue weighted by molar-refractivity contribution is 5.93. The zero-order valence-corrected chi connectivity index (χ0v) is 17.5. The number of benzene rings is 2. The van der Waals surface area contributed by atoms with E-state index in [0.717, 1.165) is 11.1 Å². The molecule has 0 unspecified atom stereocenters. The van der Waals surface area contributed by atoms with Crippen molar-refractivity contribution in [2.24, 2.45) is 5.92 Å². The zero-order valence-electron chi connectivity index (χ0n) is 17.5. The van der Waals surface area contributed by atoms with Crippen LogP contribution >= 0.6 is 0 Å². The molecule has 2 aromatic carbocycles. The topological polar surface area (TPSA) is 72.9 Å². The Morgan fingerprint density at radius 3 is 2.66 bits per heavy atom. The summed E-state index contributed by atoms with van der Waals surface area (Å²) in [6.45, 7) is 0.138. The maximum atomic E-state index is 13.4. The van der Waals surface area contributed by atoms with Gasteiger partial charge in [0.05, 0.1) is 18.7 Å². The molecule has 1 saturated carbocycles. The third-order valence-electron chi connectivity index (χ3n) is 6.41. The summed E-state index contributed by atoms with van der Waals surface area (Å²) in [5, 5.41) is 12.6. The van der Waals surface area contributed by atoms with Gasteiger partial charge in [-0.25, -0.2) is 9.18 Å². The van der Waals surface area contributed by atoms with Gasteiger partial charge in [-0.3, -0.25) is 4.79 Å². The summed E-state index contributed by atoms with van der Waals surface area (Å²) in [6.07, 6.45) is 2.36. The molecule has 5 rings (SSSR count). The maximum Gasteiger partial charge on any atom is 0.322 e. The normalized spacial score (nSPS) is 24.2. The summed E-state index contributed by atoms with van der Waals surface area (Å²) >= 11 is 0. The molecule has 0 bridgehead atoms. The van der Waals surface area contributed by atoms with Crippen molar-refractivity contribution in [1.82, 2.24) is 9.80 Å². The minimum Gasteiger partial charge on any atom is -0.394 e. The monoisotopic (exact) mass is 433 g/mol. The van der Waals surface area contributed by atoms with Gasteiger partial charge in [-0.1, -0.05) is 30.0 Å². The van der Waals surface area contributed by atoms with Gasteiger partial charge in [0.25, 0.3) is 0 Å². The fourth-order valence-corrected chi connectivity index (χ4v) is 4.62. The summed E-state index contributed by atoms with van der Waals surface area (Å²) in [6, 6.07) is 12.6. The fraction of sp³-hybridized carbons (Fsp3) is 0.360. The van der Waals surface area contributed by atoms with Crippen molar-refractivity contribution in [3.8, 4) is 11.8 Å². The number of hydrogen-bond donors (Lipinski definition) is 2. The number of aliphatic hydroxyl groups is 1. The highest BCUT2D eigenvalue weighted by atomic mass is 19.1. The third kappa shape index (κ3) is 3.94. The van der Waals surface area contributed by atoms with Gasteiger partial charge in [0.1, 0.15) is 12.4 Å². The van der Waals surface area contributed by atoms with Crippen LogP contribution in [0.5, 0.6) is 0 Å². The smallest absolute Gasteiger partial charge is 0.322 e. The first-order valence-electron chi connectivity index (χ1n) is 10.9. The number of rotatable bonds is 3. The van der Waals surface area contributed by atoms with Crippen molar-refractivity contribution in [2.45, 2.75) is 30.8 Å². The molecular weight excluding hydrogens is 409 g/mol. The summed E-state index contributed by atoms with van der Waals surface area (Å²) < 4.78 is 13.4. The molecule has 2 heterocycles. The first-order valence-corrected chi connectivity index (χ1v) is 10.9. The SMILES string of the molecule is O=C(Nc1cccc(F)c1)N1CC(=O)N2[C@H](CO)[C@H](c3ccc(C#CC4CC4)cc3)[C@@H]2C1. The second-order valence-electron chi connectivity index (χ2n) is 8.63. The maximum absolute atomic E-state index is 13.4. The second-order valence-corrected chi connectivity index (χ2v) is 8.63. The Bertz CT molecular complexity index is 1100. The first-order chi connectivity index (χ1) is 15.5. The Labute approximate surface area is 186 Å². The predicted molar refractivity (Wildman–Crippen MR) is 117 cm³/mol. The molecule has 32 heavy (non-hydrogen) atoms. The molecule has 0 radical (unpaired) electrons. The molecular formula is C25H24FN3O3. The molecule has 0 spiro atoms. The van der Waals surface area contributed by atoms with Gasteiger partial charge < -0.3 is 20.2 Å². The highest BCUT2D eigenvalue weighted by Gasteiger charge is 2.54. The number of nitrogens with one attached hydrogen (secondary N) is 1. The van der Waals surface area contributed by atoms with Gasteiger partial charge in [-0.15, -0.1) is 0 Å². The van der Waals surface area contributed by atoms with Crippen molar-refractivity contribution in [1.29, 1.82) is 0 Å². The minimum atomic E-state index is -0.446. The van der Waals surface area contributed by atoms with Gasteiger partial charge in [0.15, 0.2) is 0 Å². The lowest BCUT2D eigenvalue weighted by molar-refractivity contribution is -0.159. The Balaban J connectivity index is 1.31. The van der Waals surface area contributed by atoms with E-state index in [-0.39, 0.29) is 37.1 Å². The average molecular weight is 433 g/mol. The van der Waals surface area contributed by atoms with E-state index in [0.29, 0.717) is 18.2 Å². The molecule has 2 aromatic rings. The van der Waals surface area contributed by atoms with Crippen LogP contribution in [0.1, 0.15) is 29.9 Å². The van der Waals surface area contributed by atoms with Crippen molar-refractivity contribution < 1.29 is 19.1 Å². The highest BCUT2D eigenvalue weighted by Crippen LogP contribution is 2.43. The number of carbonyl (C=O) groups is 2. The Morgan fingerprint density at radius 1 is 1.19 bits per heavy atom. The number of urea groups is 1. The van der Waals surface area contributed by atoms with Gasteiger partial charge in [0.2, 0.25) is 5.91 Å². The van der Waals surface area contributed by atoms with E-state index in [4.69, 9.17) is 0 Å². The van der Waals surface area contributed by atoms with E-state index in [9.17, 15) is 19.1 Å². The van der Waals surface area contributed by atoms with E-state index >= 15 is 0 Å². The van der Waals surface area contributed by atoms with E-state index in [2.05, 4.69) is 17.2 Å². The number of aliphatic hydroxyl groups excluding tert-OH is 1. The molecule has 3 atom stereocenters. The van der Waals surface area contributed by atoms with Gasteiger partial charge in [-0.2, -0.15) is 0 Å². The number of anilines is 1. The quantitative estimate of drug-likeness (QED) is 0.732. The number of nitrogens with zero attached hydrogens (tertiary/aromatic N) is 2. The van der Waals surface area contributed by atoms with Crippen LogP contribution in [0.2, 0.25) is 0 Å². The third-order valence-corrected chi connectivity index (χ3v) is 6.41. The van der Waals surface area contributed by atoms with Crippen LogP contribution in [0.15, 0.2) is 48.5 Å². The van der Waals surface area contributed by atoms with Crippen LogP contribution in [0.3, 0.4) is 0 Å². The average Bonchev–Trinajstić information content (AvgIpc) is 3.59. The molecule has 3 fully saturated rings. The summed E-state index contributed by atoms with van der Waals surface area (Å²) in [7, 11) is 0. The predicted octanol–water partition coefficient (Wildman–Crippen LogP) is 2.79. The van der Waals surface area contributed by atoms with Crippen LogP contribution in [0.25, 0.3) is 0 Å². The number of piperazine rings is 1. The van der Waals surface area contributed by atoms with Gasteiger partial charge >= 0.3 is 6.03 Å². The van der Waals surface area contributed by atoms with E-state index in [1.165, 1.54) is 35.9 Å². The number of fused-ring (bicyclic) bond motifs is 1. The molecule has 1 aliphatic carbocycles. The largest absolute Gasteiger partial charge is 0.394 e. The van der Waals surface area contributed by atoms with Crippen LogP contribution in [0.4, 0.5) is 14.9 Å². The molecule has 7 heteroatoms. The van der Waals surface area contributed by atoms with Crippen LogP contribution in [-0.4, -0.2) is 58.6 Å². The van der Waals surface area contributed by atoms with E-state index in [1.807, 2.05) is 24.3 Å². The molecule has 0 aromatic heterocycles. The van der Waals surface area contributed by atoms with E-state index in [1.54, 1.807) is 11.0 Å². The summed E-state index contributed by atoms with van der Waals surface area (Å²) in [5.74, 6) is 6.26. The second kappa shape index (κ2) is 8.29. The van der Waals surface area contributed by atoms with E-state index < -0.39 is 11.8 Å². The Morgan fingerprint density at radius 2 is 1.97 bits per heavy atom. The van der Waals surface area contributed by atoms with Crippen LogP contribution in [-0.2, 0) is 4.79 Å². The zero-order chi connectivity index (χ0) is 22.2. The number of halogens is 1. The fourth-order valence-electron chi connectivity index (χ4n) is 4.62. The lowest BCUT2D eigenvalue weighted by Gasteiger charge is -2.58. The van der Waals surface area contributed by atoms with Crippen molar-refractivity contribution in [3.05, 3.63) is 65.5 Å². The lowest BCUT2D eigenvalue weighted by Crippen LogP contribution is -2.73. The molecule has 2 N–H and O–H groups in total. The summed E-state index contributed by atoms with van der Waals surface area (Å²) in [4.78, 5) is 28.6. The molecule has 3 amide bonds. The Hall–Kier alpha value is -3.37. The number of hydrogen-bond acceptors (Lipinski definition) is 3. The molecule has 2 saturated heterocycles. The standard InChI is InChI=1S/C25H24FN3O3/c26-19-2-1-3-20(12-19)27-25(32)28-13-21-24(22(15-30)29(21)23(31)14-28)18-10-8-17(9-11-18)7-6-16-4-5-16/h1-3,8-12,16,21-22,24,30H,4-5,13-15H2,(H,27,32)/t21-,22+,24+/m0/s1. The molecule has 6 nitrogen and oxygen atoms in total. The summed E-state index contributed by atoms with van der Waals surface area (Å²) in [5.41, 5.74) is 2.31.